The van der Waals surface area contributed by atoms with Crippen molar-refractivity contribution < 1.29 is 9.32 Å². The summed E-state index contributed by atoms with van der Waals surface area (Å²) in [6.45, 7) is 4.63. The zero-order valence-electron chi connectivity index (χ0n) is 12.2. The van der Waals surface area contributed by atoms with Crippen molar-refractivity contribution >= 4 is 17.7 Å². The highest BCUT2D eigenvalue weighted by atomic mass is 32.2. The smallest absolute Gasteiger partial charge is 0.293 e. The van der Waals surface area contributed by atoms with Crippen molar-refractivity contribution in [2.75, 3.05) is 18.1 Å². The van der Waals surface area contributed by atoms with E-state index in [0.717, 1.165) is 23.7 Å². The monoisotopic (exact) mass is 302 g/mol. The third kappa shape index (κ3) is 2.97. The molecular formula is C16H18N2O2S. The molecule has 1 amide bonds. The first-order valence-electron chi connectivity index (χ1n) is 7.04. The Morgan fingerprint density at radius 3 is 2.76 bits per heavy atom. The van der Waals surface area contributed by atoms with Crippen molar-refractivity contribution in [3.05, 3.63) is 52.9 Å². The van der Waals surface area contributed by atoms with E-state index in [2.05, 4.69) is 36.3 Å². The average molecular weight is 302 g/mol. The van der Waals surface area contributed by atoms with E-state index in [1.165, 1.54) is 11.1 Å². The number of carbonyl (C=O) groups excluding carboxylic acids is 1. The molecule has 110 valence electrons. The molecule has 3 rings (SSSR count). The van der Waals surface area contributed by atoms with Gasteiger partial charge in [-0.3, -0.25) is 4.79 Å². The van der Waals surface area contributed by atoms with E-state index in [4.69, 9.17) is 4.52 Å². The van der Waals surface area contributed by atoms with E-state index >= 15 is 0 Å². The van der Waals surface area contributed by atoms with E-state index < -0.39 is 0 Å². The summed E-state index contributed by atoms with van der Waals surface area (Å²) in [6, 6.07) is 10.2. The van der Waals surface area contributed by atoms with Gasteiger partial charge >= 0.3 is 0 Å². The van der Waals surface area contributed by atoms with Gasteiger partial charge in [0.05, 0.1) is 11.7 Å². The van der Waals surface area contributed by atoms with Crippen LogP contribution in [0.3, 0.4) is 0 Å². The number of hydrogen-bond acceptors (Lipinski definition) is 4. The van der Waals surface area contributed by atoms with Gasteiger partial charge in [-0.1, -0.05) is 35.0 Å². The molecule has 1 aliphatic heterocycles. The normalized spacial score (nSPS) is 18.8. The van der Waals surface area contributed by atoms with Crippen molar-refractivity contribution in [1.29, 1.82) is 0 Å². The van der Waals surface area contributed by atoms with Gasteiger partial charge in [0.1, 0.15) is 0 Å². The molecule has 0 saturated carbocycles. The fraction of sp³-hybridized carbons (Fsp3) is 0.375. The van der Waals surface area contributed by atoms with Crippen molar-refractivity contribution in [3.8, 4) is 0 Å². The molecule has 1 saturated heterocycles. The first kappa shape index (κ1) is 14.2. The van der Waals surface area contributed by atoms with Gasteiger partial charge in [-0.15, -0.1) is 0 Å². The Morgan fingerprint density at radius 1 is 1.33 bits per heavy atom. The van der Waals surface area contributed by atoms with Gasteiger partial charge in [0, 0.05) is 24.1 Å². The summed E-state index contributed by atoms with van der Waals surface area (Å²) in [7, 11) is 0. The number of nitrogens with zero attached hydrogens (tertiary/aromatic N) is 2. The fourth-order valence-corrected chi connectivity index (χ4v) is 3.61. The van der Waals surface area contributed by atoms with E-state index in [1.54, 1.807) is 6.07 Å². The SMILES string of the molecule is Cc1ccc([C@@H]2CSCCN2C(=O)c2cc(C)no2)cc1. The molecule has 2 heterocycles. The third-order valence-corrected chi connectivity index (χ3v) is 4.71. The van der Waals surface area contributed by atoms with Gasteiger partial charge in [0.2, 0.25) is 5.76 Å². The second kappa shape index (κ2) is 5.93. The Morgan fingerprint density at radius 2 is 2.10 bits per heavy atom. The van der Waals surface area contributed by atoms with Crippen LogP contribution in [0.1, 0.15) is 33.4 Å². The first-order valence-corrected chi connectivity index (χ1v) is 8.19. The molecule has 0 spiro atoms. The standard InChI is InChI=1S/C16H18N2O2S/c1-11-3-5-13(6-4-11)14-10-21-8-7-18(14)16(19)15-9-12(2)17-20-15/h3-6,9,14H,7-8,10H2,1-2H3/t14-/m0/s1. The number of hydrogen-bond donors (Lipinski definition) is 0. The van der Waals surface area contributed by atoms with Gasteiger partial charge in [0.15, 0.2) is 0 Å². The number of rotatable bonds is 2. The Kier molecular flexibility index (Phi) is 4.01. The summed E-state index contributed by atoms with van der Waals surface area (Å²) in [5.74, 6) is 2.14. The summed E-state index contributed by atoms with van der Waals surface area (Å²) in [6.07, 6.45) is 0. The van der Waals surface area contributed by atoms with Crippen molar-refractivity contribution in [3.63, 3.8) is 0 Å². The zero-order chi connectivity index (χ0) is 14.8. The summed E-state index contributed by atoms with van der Waals surface area (Å²) in [5, 5.41) is 3.81. The molecule has 0 unspecified atom stereocenters. The van der Waals surface area contributed by atoms with E-state index in [-0.39, 0.29) is 11.9 Å². The van der Waals surface area contributed by atoms with Crippen LogP contribution in [0.15, 0.2) is 34.9 Å². The lowest BCUT2D eigenvalue weighted by Gasteiger charge is -2.35. The van der Waals surface area contributed by atoms with Crippen LogP contribution in [0, 0.1) is 13.8 Å². The molecule has 1 aromatic heterocycles. The van der Waals surface area contributed by atoms with Crippen LogP contribution in [0.2, 0.25) is 0 Å². The molecule has 0 radical (unpaired) electrons. The quantitative estimate of drug-likeness (QED) is 0.854. The zero-order valence-corrected chi connectivity index (χ0v) is 13.0. The molecule has 1 fully saturated rings. The van der Waals surface area contributed by atoms with Crippen LogP contribution in [-0.2, 0) is 0 Å². The molecule has 2 aromatic rings. The minimum absolute atomic E-state index is 0.0681. The van der Waals surface area contributed by atoms with Crippen LogP contribution in [0.4, 0.5) is 0 Å². The van der Waals surface area contributed by atoms with Crippen LogP contribution < -0.4 is 0 Å². The average Bonchev–Trinajstić information content (AvgIpc) is 2.94. The number of aryl methyl sites for hydroxylation is 2. The number of benzene rings is 1. The fourth-order valence-electron chi connectivity index (χ4n) is 2.52. The summed E-state index contributed by atoms with van der Waals surface area (Å²) in [5.41, 5.74) is 3.14. The second-order valence-corrected chi connectivity index (χ2v) is 6.48. The summed E-state index contributed by atoms with van der Waals surface area (Å²) >= 11 is 1.88. The Labute approximate surface area is 128 Å². The lowest BCUT2D eigenvalue weighted by molar-refractivity contribution is 0.0658. The van der Waals surface area contributed by atoms with Gasteiger partial charge in [-0.2, -0.15) is 11.8 Å². The predicted octanol–water partition coefficient (Wildman–Crippen LogP) is 3.22. The Bertz CT molecular complexity index is 636. The highest BCUT2D eigenvalue weighted by molar-refractivity contribution is 7.99. The molecule has 1 aromatic carbocycles. The van der Waals surface area contributed by atoms with Gasteiger partial charge < -0.3 is 9.42 Å². The second-order valence-electron chi connectivity index (χ2n) is 5.33. The van der Waals surface area contributed by atoms with Gasteiger partial charge in [-0.05, 0) is 19.4 Å². The molecule has 0 N–H and O–H groups in total. The van der Waals surface area contributed by atoms with Gasteiger partial charge in [-0.25, -0.2) is 0 Å². The highest BCUT2D eigenvalue weighted by Crippen LogP contribution is 2.31. The minimum atomic E-state index is -0.0681. The first-order chi connectivity index (χ1) is 10.1. The van der Waals surface area contributed by atoms with Gasteiger partial charge in [0.25, 0.3) is 5.91 Å². The molecule has 0 bridgehead atoms. The third-order valence-electron chi connectivity index (χ3n) is 3.69. The number of carbonyl (C=O) groups is 1. The largest absolute Gasteiger partial charge is 0.351 e. The van der Waals surface area contributed by atoms with Crippen molar-refractivity contribution in [2.24, 2.45) is 0 Å². The van der Waals surface area contributed by atoms with E-state index in [1.807, 2.05) is 23.6 Å². The van der Waals surface area contributed by atoms with Crippen molar-refractivity contribution in [2.45, 2.75) is 19.9 Å². The number of thioether (sulfide) groups is 1. The van der Waals surface area contributed by atoms with Crippen LogP contribution >= 0.6 is 11.8 Å². The van der Waals surface area contributed by atoms with E-state index in [0.29, 0.717) is 5.76 Å². The van der Waals surface area contributed by atoms with Crippen LogP contribution in [0.5, 0.6) is 0 Å². The lowest BCUT2D eigenvalue weighted by atomic mass is 10.0. The van der Waals surface area contributed by atoms with Crippen molar-refractivity contribution in [1.82, 2.24) is 10.1 Å². The van der Waals surface area contributed by atoms with Crippen LogP contribution in [-0.4, -0.2) is 34.0 Å². The Balaban J connectivity index is 1.87. The molecule has 1 aliphatic rings. The summed E-state index contributed by atoms with van der Waals surface area (Å²) < 4.78 is 5.13. The summed E-state index contributed by atoms with van der Waals surface area (Å²) in [4.78, 5) is 14.6. The molecule has 1 atom stereocenters. The molecule has 4 nitrogen and oxygen atoms in total. The maximum absolute atomic E-state index is 12.6. The molecule has 0 aliphatic carbocycles. The topological polar surface area (TPSA) is 46.3 Å². The Hall–Kier alpha value is -1.75. The molecular weight excluding hydrogens is 284 g/mol. The highest BCUT2D eigenvalue weighted by Gasteiger charge is 2.30. The van der Waals surface area contributed by atoms with Crippen LogP contribution in [0.25, 0.3) is 0 Å². The number of aromatic nitrogens is 1. The number of amides is 1. The predicted molar refractivity (Wildman–Crippen MR) is 83.5 cm³/mol. The minimum Gasteiger partial charge on any atom is -0.351 e. The molecule has 21 heavy (non-hydrogen) atoms. The maximum Gasteiger partial charge on any atom is 0.293 e. The van der Waals surface area contributed by atoms with E-state index in [9.17, 15) is 4.79 Å². The lowest BCUT2D eigenvalue weighted by Crippen LogP contribution is -2.40. The maximum atomic E-state index is 12.6. The molecule has 5 heteroatoms.